The number of nitrogens with one attached hydrogen (secondary N) is 2. The third-order valence-corrected chi connectivity index (χ3v) is 2.87. The third kappa shape index (κ3) is 4.68. The van der Waals surface area contributed by atoms with Gasteiger partial charge in [0.05, 0.1) is 31.3 Å². The van der Waals surface area contributed by atoms with Gasteiger partial charge in [0.1, 0.15) is 5.60 Å². The fraction of sp³-hybridized carbons (Fsp3) is 0.833. The van der Waals surface area contributed by atoms with E-state index in [-0.39, 0.29) is 12.6 Å². The highest BCUT2D eigenvalue weighted by Crippen LogP contribution is 2.21. The van der Waals surface area contributed by atoms with Gasteiger partial charge in [0.2, 0.25) is 0 Å². The summed E-state index contributed by atoms with van der Waals surface area (Å²) in [6, 6.07) is -0.296. The molecule has 7 nitrogen and oxygen atoms in total. The molecule has 0 aliphatic carbocycles. The third-order valence-electron chi connectivity index (χ3n) is 2.87. The summed E-state index contributed by atoms with van der Waals surface area (Å²) in [7, 11) is 0. The van der Waals surface area contributed by atoms with E-state index < -0.39 is 23.2 Å². The predicted molar refractivity (Wildman–Crippen MR) is 68.0 cm³/mol. The van der Waals surface area contributed by atoms with Crippen molar-refractivity contribution >= 4 is 12.1 Å². The van der Waals surface area contributed by atoms with Crippen molar-refractivity contribution in [2.75, 3.05) is 19.8 Å². The van der Waals surface area contributed by atoms with Crippen LogP contribution in [0.5, 0.6) is 0 Å². The molecule has 0 radical (unpaired) electrons. The van der Waals surface area contributed by atoms with E-state index in [1.807, 2.05) is 0 Å². The molecule has 0 aromatic heterocycles. The number of hydrogen-bond acceptors (Lipinski definition) is 5. The van der Waals surface area contributed by atoms with E-state index in [4.69, 9.17) is 14.6 Å². The van der Waals surface area contributed by atoms with Crippen LogP contribution in [0, 0.1) is 0 Å². The van der Waals surface area contributed by atoms with Crippen LogP contribution in [0.3, 0.4) is 0 Å². The zero-order valence-electron chi connectivity index (χ0n) is 11.8. The molecular weight excluding hydrogens is 252 g/mol. The molecule has 19 heavy (non-hydrogen) atoms. The number of carbonyl (C=O) groups is 2. The molecule has 0 aromatic carbocycles. The molecule has 1 saturated heterocycles. The second-order valence-electron chi connectivity index (χ2n) is 5.76. The van der Waals surface area contributed by atoms with Crippen molar-refractivity contribution < 1.29 is 24.2 Å². The zero-order chi connectivity index (χ0) is 14.7. The Bertz CT molecular complexity index is 347. The first kappa shape index (κ1) is 15.7. The van der Waals surface area contributed by atoms with Crippen molar-refractivity contribution in [3.05, 3.63) is 0 Å². The topological polar surface area (TPSA) is 96.9 Å². The number of carbonyl (C=O) groups excluding carboxylic acids is 1. The number of alkyl carbamates (subject to hydrolysis) is 1. The maximum absolute atomic E-state index is 11.7. The fourth-order valence-corrected chi connectivity index (χ4v) is 1.70. The molecule has 0 bridgehead atoms. The summed E-state index contributed by atoms with van der Waals surface area (Å²) in [5.74, 6) is -0.948. The molecule has 1 rings (SSSR count). The van der Waals surface area contributed by atoms with Crippen LogP contribution in [0.15, 0.2) is 0 Å². The van der Waals surface area contributed by atoms with Crippen molar-refractivity contribution in [3.8, 4) is 0 Å². The Morgan fingerprint density at radius 2 is 2.00 bits per heavy atom. The van der Waals surface area contributed by atoms with E-state index in [9.17, 15) is 9.59 Å². The normalized spacial score (nSPS) is 19.2. The fourth-order valence-electron chi connectivity index (χ4n) is 1.70. The minimum atomic E-state index is -0.948. The molecular formula is C12H22N2O5. The number of amides is 1. The second-order valence-corrected chi connectivity index (χ2v) is 5.76. The molecule has 110 valence electrons. The van der Waals surface area contributed by atoms with Crippen LogP contribution in [-0.2, 0) is 14.3 Å². The van der Waals surface area contributed by atoms with E-state index in [1.54, 1.807) is 27.7 Å². The predicted octanol–water partition coefficient (Wildman–Crippen LogP) is 0.343. The summed E-state index contributed by atoms with van der Waals surface area (Å²) in [5, 5.41) is 14.3. The molecule has 1 fully saturated rings. The maximum Gasteiger partial charge on any atom is 0.407 e. The smallest absolute Gasteiger partial charge is 0.407 e. The SMILES string of the molecule is CC(NC(=O)OC(C)(C)C)C1(NCC(=O)O)COC1. The average Bonchev–Trinajstić information content (AvgIpc) is 2.11. The van der Waals surface area contributed by atoms with Gasteiger partial charge in [-0.3, -0.25) is 10.1 Å². The second kappa shape index (κ2) is 5.75. The number of carboxylic acid groups (broad SMARTS) is 1. The van der Waals surface area contributed by atoms with E-state index >= 15 is 0 Å². The van der Waals surface area contributed by atoms with Crippen molar-refractivity contribution in [3.63, 3.8) is 0 Å². The molecule has 1 amide bonds. The molecule has 1 unspecified atom stereocenters. The van der Waals surface area contributed by atoms with Crippen LogP contribution >= 0.6 is 0 Å². The minimum Gasteiger partial charge on any atom is -0.480 e. The van der Waals surface area contributed by atoms with Gasteiger partial charge in [-0.1, -0.05) is 0 Å². The summed E-state index contributed by atoms with van der Waals surface area (Å²) >= 11 is 0. The van der Waals surface area contributed by atoms with Crippen LogP contribution in [0.1, 0.15) is 27.7 Å². The standard InChI is InChI=1S/C12H22N2O5/c1-8(14-10(17)19-11(2,3)4)12(6-18-7-12)13-5-9(15)16/h8,13H,5-7H2,1-4H3,(H,14,17)(H,15,16). The lowest BCUT2D eigenvalue weighted by Gasteiger charge is -2.46. The summed E-state index contributed by atoms with van der Waals surface area (Å²) in [4.78, 5) is 22.3. The number of carboxylic acids is 1. The lowest BCUT2D eigenvalue weighted by Crippen LogP contribution is -2.71. The Morgan fingerprint density at radius 3 is 2.37 bits per heavy atom. The van der Waals surface area contributed by atoms with Crippen molar-refractivity contribution in [1.29, 1.82) is 0 Å². The molecule has 1 heterocycles. The zero-order valence-corrected chi connectivity index (χ0v) is 11.8. The number of hydrogen-bond donors (Lipinski definition) is 3. The average molecular weight is 274 g/mol. The van der Waals surface area contributed by atoms with Gasteiger partial charge in [0, 0.05) is 0 Å². The quantitative estimate of drug-likeness (QED) is 0.669. The molecule has 1 aliphatic rings. The monoisotopic (exact) mass is 274 g/mol. The minimum absolute atomic E-state index is 0.177. The molecule has 7 heteroatoms. The highest BCUT2D eigenvalue weighted by molar-refractivity contribution is 5.70. The van der Waals surface area contributed by atoms with Crippen LogP contribution in [0.2, 0.25) is 0 Å². The van der Waals surface area contributed by atoms with Crippen molar-refractivity contribution in [2.24, 2.45) is 0 Å². The lowest BCUT2D eigenvalue weighted by atomic mass is 9.89. The summed E-state index contributed by atoms with van der Waals surface area (Å²) in [6.07, 6.45) is -0.525. The van der Waals surface area contributed by atoms with E-state index in [1.165, 1.54) is 0 Å². The first-order chi connectivity index (χ1) is 8.65. The summed E-state index contributed by atoms with van der Waals surface area (Å²) in [5.41, 5.74) is -1.11. The van der Waals surface area contributed by atoms with Crippen LogP contribution in [0.25, 0.3) is 0 Å². The number of ether oxygens (including phenoxy) is 2. The molecule has 1 aliphatic heterocycles. The summed E-state index contributed by atoms with van der Waals surface area (Å²) < 4.78 is 10.3. The van der Waals surface area contributed by atoms with Gasteiger partial charge in [-0.15, -0.1) is 0 Å². The van der Waals surface area contributed by atoms with Crippen LogP contribution < -0.4 is 10.6 Å². The molecule has 0 saturated carbocycles. The number of rotatable bonds is 5. The summed E-state index contributed by atoms with van der Waals surface area (Å²) in [6.45, 7) is 7.67. The molecule has 0 aromatic rings. The van der Waals surface area contributed by atoms with Gasteiger partial charge in [-0.2, -0.15) is 0 Å². The highest BCUT2D eigenvalue weighted by atomic mass is 16.6. The van der Waals surface area contributed by atoms with Gasteiger partial charge < -0.3 is 19.9 Å². The molecule has 3 N–H and O–H groups in total. The van der Waals surface area contributed by atoms with Gasteiger partial charge in [0.15, 0.2) is 0 Å². The maximum atomic E-state index is 11.7. The van der Waals surface area contributed by atoms with Gasteiger partial charge in [0.25, 0.3) is 0 Å². The molecule has 0 spiro atoms. The molecule has 1 atom stereocenters. The Balaban J connectivity index is 2.52. The Morgan fingerprint density at radius 1 is 1.42 bits per heavy atom. The van der Waals surface area contributed by atoms with E-state index in [0.717, 1.165) is 0 Å². The van der Waals surface area contributed by atoms with Gasteiger partial charge >= 0.3 is 12.1 Å². The number of aliphatic carboxylic acids is 1. The largest absolute Gasteiger partial charge is 0.480 e. The van der Waals surface area contributed by atoms with Crippen LogP contribution in [-0.4, -0.2) is 54.1 Å². The van der Waals surface area contributed by atoms with Crippen molar-refractivity contribution in [2.45, 2.75) is 44.9 Å². The van der Waals surface area contributed by atoms with E-state index in [2.05, 4.69) is 10.6 Å². The van der Waals surface area contributed by atoms with Gasteiger partial charge in [-0.05, 0) is 27.7 Å². The van der Waals surface area contributed by atoms with Crippen LogP contribution in [0.4, 0.5) is 4.79 Å². The Kier molecular flexibility index (Phi) is 4.75. The first-order valence-corrected chi connectivity index (χ1v) is 6.19. The lowest BCUT2D eigenvalue weighted by molar-refractivity contribution is -0.139. The van der Waals surface area contributed by atoms with Crippen molar-refractivity contribution in [1.82, 2.24) is 10.6 Å². The van der Waals surface area contributed by atoms with E-state index in [0.29, 0.717) is 13.2 Å². The first-order valence-electron chi connectivity index (χ1n) is 6.19. The highest BCUT2D eigenvalue weighted by Gasteiger charge is 2.44. The van der Waals surface area contributed by atoms with Gasteiger partial charge in [-0.25, -0.2) is 4.79 Å². The Labute approximate surface area is 112 Å². The Hall–Kier alpha value is -1.34.